The molecule has 1 N–H and O–H groups in total. The Hall–Kier alpha value is -0.260. The summed E-state index contributed by atoms with van der Waals surface area (Å²) >= 11 is 0. The van der Waals surface area contributed by atoms with Crippen molar-refractivity contribution in [1.29, 1.82) is 0 Å². The molecule has 0 heterocycles. The van der Waals surface area contributed by atoms with Crippen LogP contribution in [0.1, 0.15) is 0 Å². The third-order valence-electron chi connectivity index (χ3n) is 0.356. The summed E-state index contributed by atoms with van der Waals surface area (Å²) in [6.45, 7) is 0. The monoisotopic (exact) mass is 172 g/mol. The predicted molar refractivity (Wildman–Crippen MR) is 32.8 cm³/mol. The minimum Gasteiger partial charge on any atom is -0.280 e. The van der Waals surface area contributed by atoms with Gasteiger partial charge in [0.15, 0.2) is 0 Å². The number of hydrogen-bond acceptors (Lipinski definition) is 4. The normalized spacial score (nSPS) is 14.8. The first kappa shape index (κ1) is 8.74. The van der Waals surface area contributed by atoms with Crippen molar-refractivity contribution >= 4 is 18.1 Å². The van der Waals surface area contributed by atoms with Gasteiger partial charge in [0, 0.05) is 4.95 Å². The van der Waals surface area contributed by atoms with Crippen LogP contribution in [0, 0.1) is 4.91 Å². The van der Waals surface area contributed by atoms with Gasteiger partial charge in [-0.05, 0) is 0 Å². The van der Waals surface area contributed by atoms with Gasteiger partial charge in [0.1, 0.15) is 0 Å². The molecule has 8 heteroatoms. The van der Waals surface area contributed by atoms with Crippen LogP contribution in [0.25, 0.3) is 0 Å². The van der Waals surface area contributed by atoms with Crippen molar-refractivity contribution in [2.75, 3.05) is 6.26 Å². The number of sulfonamides is 1. The lowest BCUT2D eigenvalue weighted by Gasteiger charge is -1.90. The van der Waals surface area contributed by atoms with Crippen molar-refractivity contribution in [2.24, 2.45) is 4.95 Å². The first-order valence-corrected chi connectivity index (χ1v) is 5.05. The number of nitrogens with one attached hydrogen (secondary N) is 1. The molecular weight excluding hydrogens is 167 g/mol. The highest BCUT2D eigenvalue weighted by Gasteiger charge is 2.04. The fraction of sp³-hybridized carbons (Fsp3) is 1.00. The van der Waals surface area contributed by atoms with Gasteiger partial charge in [-0.2, -0.15) is 0 Å². The van der Waals surface area contributed by atoms with E-state index in [-0.39, 0.29) is 0 Å². The Morgan fingerprint density at radius 2 is 2.00 bits per heavy atom. The molecule has 0 fully saturated rings. The van der Waals surface area contributed by atoms with Crippen LogP contribution in [0.4, 0.5) is 0 Å². The van der Waals surface area contributed by atoms with E-state index in [2.05, 4.69) is 0 Å². The summed E-state index contributed by atoms with van der Waals surface area (Å²) in [5.74, 6) is 0. The van der Waals surface area contributed by atoms with Crippen LogP contribution in [0.2, 0.25) is 0 Å². The second-order valence-electron chi connectivity index (χ2n) is 1.27. The minimum atomic E-state index is -3.55. The molecule has 0 spiro atoms. The quantitative estimate of drug-likeness (QED) is 0.466. The molecule has 1 unspecified atom stereocenters. The van der Waals surface area contributed by atoms with Crippen LogP contribution in [-0.2, 0) is 14.6 Å². The Morgan fingerprint density at radius 3 is 2.11 bits per heavy atom. The summed E-state index contributed by atoms with van der Waals surface area (Å²) in [7, 11) is -6.55. The maximum atomic E-state index is 10.1. The molecule has 6 nitrogen and oxygen atoms in total. The Bertz CT molecular complexity index is 219. The van der Waals surface area contributed by atoms with Gasteiger partial charge in [-0.15, -0.1) is 9.40 Å². The van der Waals surface area contributed by atoms with Crippen LogP contribution in [0.15, 0.2) is 4.95 Å². The van der Waals surface area contributed by atoms with Crippen molar-refractivity contribution in [3.05, 3.63) is 4.91 Å². The maximum Gasteiger partial charge on any atom is 0.297 e. The smallest absolute Gasteiger partial charge is 0.280 e. The molecule has 0 amide bonds. The summed E-state index contributed by atoms with van der Waals surface area (Å²) in [5, 5.41) is 0. The molecule has 0 aliphatic heterocycles. The van der Waals surface area contributed by atoms with E-state index in [1.165, 1.54) is 4.49 Å². The van der Waals surface area contributed by atoms with Gasteiger partial charge in [-0.3, -0.25) is 4.57 Å². The molecule has 0 aliphatic rings. The highest BCUT2D eigenvalue weighted by atomic mass is 32.2. The molecule has 0 aromatic carbocycles. The van der Waals surface area contributed by atoms with E-state index in [0.29, 0.717) is 0 Å². The van der Waals surface area contributed by atoms with E-state index < -0.39 is 18.1 Å². The average Bonchev–Trinajstić information content (AvgIpc) is 1.62. The highest BCUT2D eigenvalue weighted by molar-refractivity contribution is 7.93. The summed E-state index contributed by atoms with van der Waals surface area (Å²) in [4.78, 5) is 11.3. The molecule has 0 bridgehead atoms. The van der Waals surface area contributed by atoms with Crippen molar-refractivity contribution in [3.63, 3.8) is 0 Å². The summed E-state index contributed by atoms with van der Waals surface area (Å²) in [6, 6.07) is 0. The van der Waals surface area contributed by atoms with Gasteiger partial charge < -0.3 is 0 Å². The van der Waals surface area contributed by atoms with Gasteiger partial charge in [0.2, 0.25) is 10.0 Å². The molecule has 0 saturated carbocycles. The lowest BCUT2D eigenvalue weighted by molar-refractivity contribution is 0.579. The molecule has 0 aromatic rings. The van der Waals surface area contributed by atoms with E-state index in [1.807, 2.05) is 4.95 Å². The third kappa shape index (κ3) is 5.61. The van der Waals surface area contributed by atoms with E-state index in [4.69, 9.17) is 0 Å². The van der Waals surface area contributed by atoms with Gasteiger partial charge in [-0.25, -0.2) is 8.42 Å². The van der Waals surface area contributed by atoms with Crippen molar-refractivity contribution in [2.45, 2.75) is 0 Å². The SMILES string of the molecule is CS(=O)(=O)N[PH](=O)N=O. The first-order chi connectivity index (χ1) is 3.95. The van der Waals surface area contributed by atoms with E-state index in [1.54, 1.807) is 0 Å². The molecule has 0 aliphatic carbocycles. The standard InChI is InChI=1S/CH5N2O4PS/c1-9(6,7)3-8(5)2-4/h8H,1H3,(H,3,5). The lowest BCUT2D eigenvalue weighted by atomic mass is 12.0. The van der Waals surface area contributed by atoms with Gasteiger partial charge in [0.05, 0.1) is 6.26 Å². The van der Waals surface area contributed by atoms with Crippen molar-refractivity contribution < 1.29 is 13.0 Å². The Morgan fingerprint density at radius 1 is 1.56 bits per heavy atom. The van der Waals surface area contributed by atoms with Crippen LogP contribution >= 0.6 is 8.10 Å². The number of nitrogens with zero attached hydrogens (tertiary/aromatic N) is 1. The van der Waals surface area contributed by atoms with Gasteiger partial charge in [-0.1, -0.05) is 0 Å². The fourth-order valence-electron chi connectivity index (χ4n) is 0.177. The lowest BCUT2D eigenvalue weighted by Crippen LogP contribution is -2.12. The molecule has 0 aromatic heterocycles. The molecule has 54 valence electrons. The summed E-state index contributed by atoms with van der Waals surface area (Å²) in [5.41, 5.74) is 0. The molecule has 1 atom stereocenters. The van der Waals surface area contributed by atoms with E-state index >= 15 is 0 Å². The average molecular weight is 172 g/mol. The fourth-order valence-corrected chi connectivity index (χ4v) is 1.60. The Balaban J connectivity index is 4.06. The second-order valence-corrected chi connectivity index (χ2v) is 4.42. The highest BCUT2D eigenvalue weighted by Crippen LogP contribution is 2.14. The number of rotatable bonds is 3. The Labute approximate surface area is 52.6 Å². The van der Waals surface area contributed by atoms with Crippen LogP contribution in [0.5, 0.6) is 0 Å². The zero-order chi connectivity index (χ0) is 7.49. The van der Waals surface area contributed by atoms with Crippen LogP contribution in [0.3, 0.4) is 0 Å². The number of nitroso groups, excluding NO2 is 1. The topological polar surface area (TPSA) is 92.7 Å². The zero-order valence-corrected chi connectivity index (χ0v) is 6.30. The first-order valence-electron chi connectivity index (χ1n) is 1.81. The Kier molecular flexibility index (Phi) is 2.96. The second kappa shape index (κ2) is 3.05. The van der Waals surface area contributed by atoms with E-state index in [0.717, 1.165) is 6.26 Å². The van der Waals surface area contributed by atoms with Gasteiger partial charge in [0.25, 0.3) is 8.10 Å². The van der Waals surface area contributed by atoms with Crippen LogP contribution in [-0.4, -0.2) is 14.7 Å². The molecular formula is CH5N2O4PS. The van der Waals surface area contributed by atoms with E-state index in [9.17, 15) is 17.9 Å². The van der Waals surface area contributed by atoms with Gasteiger partial charge >= 0.3 is 0 Å². The predicted octanol–water partition coefficient (Wildman–Crippen LogP) is -0.308. The largest absolute Gasteiger partial charge is 0.297 e. The minimum absolute atomic E-state index is 0.792. The number of hydrogen-bond donors (Lipinski definition) is 1. The molecule has 9 heavy (non-hydrogen) atoms. The van der Waals surface area contributed by atoms with Crippen molar-refractivity contribution in [3.8, 4) is 0 Å². The van der Waals surface area contributed by atoms with Crippen LogP contribution < -0.4 is 4.49 Å². The molecule has 0 rings (SSSR count). The molecule has 0 radical (unpaired) electrons. The zero-order valence-electron chi connectivity index (χ0n) is 4.49. The summed E-state index contributed by atoms with van der Waals surface area (Å²) < 4.78 is 31.8. The van der Waals surface area contributed by atoms with Crippen molar-refractivity contribution in [1.82, 2.24) is 4.49 Å². The maximum absolute atomic E-state index is 10.1. The molecule has 0 saturated heterocycles. The third-order valence-corrected chi connectivity index (χ3v) is 2.70. The summed E-state index contributed by atoms with van der Waals surface area (Å²) in [6.07, 6.45) is 0.792.